The number of hydrogen-bond acceptors (Lipinski definition) is 5. The number of esters is 1. The molecule has 2 aromatic carbocycles. The van der Waals surface area contributed by atoms with Crippen molar-refractivity contribution in [3.05, 3.63) is 71.0 Å². The van der Waals surface area contributed by atoms with Crippen LogP contribution in [-0.2, 0) is 16.0 Å². The van der Waals surface area contributed by atoms with Crippen molar-refractivity contribution >= 4 is 27.8 Å². The fourth-order valence-corrected chi connectivity index (χ4v) is 5.37. The Morgan fingerprint density at radius 2 is 1.88 bits per heavy atom. The third-order valence-corrected chi connectivity index (χ3v) is 6.92. The van der Waals surface area contributed by atoms with Crippen LogP contribution < -0.4 is 0 Å². The van der Waals surface area contributed by atoms with E-state index in [2.05, 4.69) is 24.3 Å². The molecule has 5 nitrogen and oxygen atoms in total. The maximum Gasteiger partial charge on any atom is 0.310 e. The van der Waals surface area contributed by atoms with Gasteiger partial charge in [0.25, 0.3) is 0 Å². The van der Waals surface area contributed by atoms with Gasteiger partial charge in [-0.25, -0.2) is 0 Å². The van der Waals surface area contributed by atoms with Gasteiger partial charge in [0.2, 0.25) is 0 Å². The van der Waals surface area contributed by atoms with Gasteiger partial charge in [-0.2, -0.15) is 0 Å². The molecule has 0 aliphatic heterocycles. The largest absolute Gasteiger partial charge is 0.462 e. The normalized spacial score (nSPS) is 18.5. The van der Waals surface area contributed by atoms with Crippen LogP contribution in [0.1, 0.15) is 54.5 Å². The van der Waals surface area contributed by atoms with E-state index in [9.17, 15) is 9.90 Å². The molecule has 0 saturated heterocycles. The standard InChI is InChI=1S/C28H26N2O3/c1-15-20(13-24(31)33-14-28(2,3)32)25(18-6-4-5-7-23(18)30-15)19-9-8-16-21-12-22(21)17-10-11-29-27(19)26(16)17/h4-11,21-22,32H,12-14H2,1-3H3. The van der Waals surface area contributed by atoms with Crippen LogP contribution in [0, 0.1) is 6.92 Å². The average molecular weight is 439 g/mol. The van der Waals surface area contributed by atoms with Gasteiger partial charge in [0.15, 0.2) is 0 Å². The molecular weight excluding hydrogens is 412 g/mol. The molecule has 0 amide bonds. The van der Waals surface area contributed by atoms with Crippen molar-refractivity contribution in [2.24, 2.45) is 0 Å². The minimum absolute atomic E-state index is 0.0491. The Balaban J connectivity index is 1.55. The Kier molecular flexibility index (Phi) is 4.36. The van der Waals surface area contributed by atoms with Gasteiger partial charge in [0.05, 0.1) is 23.1 Å². The second kappa shape index (κ2) is 7.09. The molecule has 0 bridgehead atoms. The number of carbonyl (C=O) groups is 1. The van der Waals surface area contributed by atoms with Crippen LogP contribution in [0.4, 0.5) is 0 Å². The zero-order valence-corrected chi connectivity index (χ0v) is 19.1. The Morgan fingerprint density at radius 1 is 1.12 bits per heavy atom. The fraction of sp³-hybridized carbons (Fsp3) is 0.321. The van der Waals surface area contributed by atoms with Crippen LogP contribution >= 0.6 is 0 Å². The van der Waals surface area contributed by atoms with E-state index >= 15 is 0 Å². The van der Waals surface area contributed by atoms with Gasteiger partial charge >= 0.3 is 5.97 Å². The van der Waals surface area contributed by atoms with Gasteiger partial charge in [-0.05, 0) is 73.4 Å². The monoisotopic (exact) mass is 438 g/mol. The predicted octanol–water partition coefficient (Wildman–Crippen LogP) is 5.20. The van der Waals surface area contributed by atoms with E-state index < -0.39 is 5.60 Å². The highest BCUT2D eigenvalue weighted by atomic mass is 16.5. The number of nitrogens with zero attached hydrogens (tertiary/aromatic N) is 2. The summed E-state index contributed by atoms with van der Waals surface area (Å²) in [6.45, 7) is 5.14. The van der Waals surface area contributed by atoms with Gasteiger partial charge in [-0.15, -0.1) is 0 Å². The minimum atomic E-state index is -1.07. The highest BCUT2D eigenvalue weighted by molar-refractivity contribution is 6.07. The second-order valence-corrected chi connectivity index (χ2v) is 9.99. The lowest BCUT2D eigenvalue weighted by atomic mass is 9.89. The van der Waals surface area contributed by atoms with E-state index in [1.807, 2.05) is 31.3 Å². The molecule has 1 saturated carbocycles. The molecule has 5 heteroatoms. The van der Waals surface area contributed by atoms with E-state index in [1.165, 1.54) is 22.9 Å². The molecule has 2 unspecified atom stereocenters. The second-order valence-electron chi connectivity index (χ2n) is 9.99. The first-order valence-electron chi connectivity index (χ1n) is 11.5. The zero-order valence-electron chi connectivity index (χ0n) is 19.1. The van der Waals surface area contributed by atoms with Crippen LogP contribution in [0.5, 0.6) is 0 Å². The topological polar surface area (TPSA) is 72.3 Å². The molecule has 2 aliphatic rings. The lowest BCUT2D eigenvalue weighted by Gasteiger charge is -2.19. The zero-order chi connectivity index (χ0) is 22.9. The summed E-state index contributed by atoms with van der Waals surface area (Å²) >= 11 is 0. The molecular formula is C28H26N2O3. The molecule has 0 spiro atoms. The van der Waals surface area contributed by atoms with Crippen LogP contribution in [0.3, 0.4) is 0 Å². The first-order valence-corrected chi connectivity index (χ1v) is 11.5. The summed E-state index contributed by atoms with van der Waals surface area (Å²) < 4.78 is 5.39. The van der Waals surface area contributed by atoms with E-state index in [0.29, 0.717) is 11.8 Å². The molecule has 33 heavy (non-hydrogen) atoms. The van der Waals surface area contributed by atoms with Gasteiger partial charge in [0.1, 0.15) is 6.61 Å². The molecule has 2 atom stereocenters. The van der Waals surface area contributed by atoms with E-state index in [-0.39, 0.29) is 19.0 Å². The molecule has 1 N–H and O–H groups in total. The number of ether oxygens (including phenoxy) is 1. The van der Waals surface area contributed by atoms with E-state index in [4.69, 9.17) is 14.7 Å². The summed E-state index contributed by atoms with van der Waals surface area (Å²) in [5.74, 6) is 0.889. The third-order valence-electron chi connectivity index (χ3n) is 6.92. The number of carbonyl (C=O) groups excluding carboxylic acids is 1. The molecule has 6 rings (SSSR count). The Labute approximate surface area is 192 Å². The molecule has 1 fully saturated rings. The van der Waals surface area contributed by atoms with Crippen LogP contribution in [0.2, 0.25) is 0 Å². The molecule has 0 radical (unpaired) electrons. The third kappa shape index (κ3) is 3.30. The SMILES string of the molecule is Cc1nc2ccccc2c(-c2ccc3c4c(ccnc24)C2CC32)c1CC(=O)OCC(C)(C)O. The number of aryl methyl sites for hydroxylation is 1. The van der Waals surface area contributed by atoms with Gasteiger partial charge in [-0.3, -0.25) is 14.8 Å². The molecule has 4 aromatic rings. The van der Waals surface area contributed by atoms with Crippen LogP contribution in [0.15, 0.2) is 48.7 Å². The Morgan fingerprint density at radius 3 is 2.67 bits per heavy atom. The number of hydrogen-bond donors (Lipinski definition) is 1. The predicted molar refractivity (Wildman–Crippen MR) is 128 cm³/mol. The highest BCUT2D eigenvalue weighted by Crippen LogP contribution is 2.63. The van der Waals surface area contributed by atoms with Gasteiger partial charge < -0.3 is 9.84 Å². The lowest BCUT2D eigenvalue weighted by Crippen LogP contribution is -2.28. The smallest absolute Gasteiger partial charge is 0.310 e. The molecule has 166 valence electrons. The van der Waals surface area contributed by atoms with Crippen LogP contribution in [0.25, 0.3) is 32.9 Å². The average Bonchev–Trinajstić information content (AvgIpc) is 3.51. The summed E-state index contributed by atoms with van der Waals surface area (Å²) in [6, 6.07) is 14.6. The lowest BCUT2D eigenvalue weighted by molar-refractivity contribution is -0.149. The number of aromatic nitrogens is 2. The number of benzene rings is 2. The maximum atomic E-state index is 12.8. The highest BCUT2D eigenvalue weighted by Gasteiger charge is 2.47. The quantitative estimate of drug-likeness (QED) is 0.434. The molecule has 2 aliphatic carbocycles. The molecule has 2 aromatic heterocycles. The van der Waals surface area contributed by atoms with Crippen LogP contribution in [-0.4, -0.2) is 33.3 Å². The summed E-state index contributed by atoms with van der Waals surface area (Å²) in [6.07, 6.45) is 3.24. The minimum Gasteiger partial charge on any atom is -0.462 e. The number of fused-ring (bicyclic) bond motifs is 4. The number of pyridine rings is 2. The van der Waals surface area contributed by atoms with Crippen molar-refractivity contribution in [3.63, 3.8) is 0 Å². The Hall–Kier alpha value is -3.31. The summed E-state index contributed by atoms with van der Waals surface area (Å²) in [7, 11) is 0. The van der Waals surface area contributed by atoms with Crippen molar-refractivity contribution in [2.75, 3.05) is 6.61 Å². The van der Waals surface area contributed by atoms with E-state index in [0.717, 1.165) is 38.8 Å². The fourth-order valence-electron chi connectivity index (χ4n) is 5.37. The van der Waals surface area contributed by atoms with E-state index in [1.54, 1.807) is 13.8 Å². The number of para-hydroxylation sites is 1. The summed E-state index contributed by atoms with van der Waals surface area (Å²) in [5, 5.41) is 12.2. The van der Waals surface area contributed by atoms with Gasteiger partial charge in [0, 0.05) is 28.2 Å². The summed E-state index contributed by atoms with van der Waals surface area (Å²) in [4.78, 5) is 22.4. The van der Waals surface area contributed by atoms with Crippen molar-refractivity contribution < 1.29 is 14.6 Å². The summed E-state index contributed by atoms with van der Waals surface area (Å²) in [5.41, 5.74) is 7.31. The van der Waals surface area contributed by atoms with Crippen molar-refractivity contribution in [2.45, 2.75) is 51.0 Å². The maximum absolute atomic E-state index is 12.8. The number of rotatable bonds is 5. The van der Waals surface area contributed by atoms with Crippen molar-refractivity contribution in [1.82, 2.24) is 9.97 Å². The number of aliphatic hydroxyl groups is 1. The first kappa shape index (κ1) is 20.3. The molecule has 2 heterocycles. The van der Waals surface area contributed by atoms with Crippen molar-refractivity contribution in [3.8, 4) is 11.1 Å². The first-order chi connectivity index (χ1) is 15.8. The van der Waals surface area contributed by atoms with Gasteiger partial charge in [-0.1, -0.05) is 30.3 Å². The van der Waals surface area contributed by atoms with Crippen molar-refractivity contribution in [1.29, 1.82) is 0 Å². The Bertz CT molecular complexity index is 1440.